The van der Waals surface area contributed by atoms with Gasteiger partial charge in [-0.15, -0.1) is 0 Å². The molecule has 0 fully saturated rings. The van der Waals surface area contributed by atoms with Crippen LogP contribution in [0.25, 0.3) is 0 Å². The standard InChI is InChI=1S/C13H19NO4/c1-3-4-9-17-11-5-7-12(8-6-11)18-10(2)13(15)14-16/h5-8,10,16H,3-4,9H2,1-2H3,(H,14,15)/t10-/m1/s1. The van der Waals surface area contributed by atoms with Gasteiger partial charge in [0.25, 0.3) is 5.91 Å². The Morgan fingerprint density at radius 1 is 1.33 bits per heavy atom. The van der Waals surface area contributed by atoms with Crippen molar-refractivity contribution in [3.8, 4) is 11.5 Å². The third-order valence-corrected chi connectivity index (χ3v) is 2.38. The van der Waals surface area contributed by atoms with Crippen molar-refractivity contribution < 1.29 is 19.5 Å². The molecule has 0 saturated carbocycles. The summed E-state index contributed by atoms with van der Waals surface area (Å²) in [5.74, 6) is 0.738. The van der Waals surface area contributed by atoms with Crippen LogP contribution >= 0.6 is 0 Å². The van der Waals surface area contributed by atoms with Crippen LogP contribution in [0, 0.1) is 0 Å². The zero-order chi connectivity index (χ0) is 13.4. The predicted octanol–water partition coefficient (Wildman–Crippen LogP) is 2.14. The van der Waals surface area contributed by atoms with E-state index in [9.17, 15) is 4.79 Å². The second-order valence-corrected chi connectivity index (χ2v) is 3.91. The van der Waals surface area contributed by atoms with Crippen LogP contribution in [0.5, 0.6) is 11.5 Å². The van der Waals surface area contributed by atoms with Gasteiger partial charge in [-0.25, -0.2) is 5.48 Å². The van der Waals surface area contributed by atoms with E-state index in [0.717, 1.165) is 18.6 Å². The van der Waals surface area contributed by atoms with E-state index in [2.05, 4.69) is 6.92 Å². The molecule has 0 aliphatic carbocycles. The van der Waals surface area contributed by atoms with Crippen LogP contribution in [-0.2, 0) is 4.79 Å². The van der Waals surface area contributed by atoms with E-state index in [1.807, 2.05) is 0 Å². The van der Waals surface area contributed by atoms with Gasteiger partial charge in [-0.1, -0.05) is 13.3 Å². The molecule has 0 aliphatic heterocycles. The molecule has 0 radical (unpaired) electrons. The quantitative estimate of drug-likeness (QED) is 0.444. The third kappa shape index (κ3) is 4.63. The summed E-state index contributed by atoms with van der Waals surface area (Å²) >= 11 is 0. The van der Waals surface area contributed by atoms with E-state index in [0.29, 0.717) is 12.4 Å². The summed E-state index contributed by atoms with van der Waals surface area (Å²) in [5, 5.41) is 8.45. The first-order valence-corrected chi connectivity index (χ1v) is 6.00. The van der Waals surface area contributed by atoms with E-state index in [1.54, 1.807) is 36.7 Å². The highest BCUT2D eigenvalue weighted by molar-refractivity contribution is 5.79. The maximum Gasteiger partial charge on any atom is 0.284 e. The van der Waals surface area contributed by atoms with Crippen LogP contribution in [0.4, 0.5) is 0 Å². The molecule has 100 valence electrons. The monoisotopic (exact) mass is 253 g/mol. The van der Waals surface area contributed by atoms with Crippen molar-refractivity contribution in [2.75, 3.05) is 6.61 Å². The normalized spacial score (nSPS) is 11.7. The fourth-order valence-electron chi connectivity index (χ4n) is 1.30. The van der Waals surface area contributed by atoms with Gasteiger partial charge in [-0.3, -0.25) is 10.0 Å². The lowest BCUT2D eigenvalue weighted by Gasteiger charge is -2.13. The fraction of sp³-hybridized carbons (Fsp3) is 0.462. The Morgan fingerprint density at radius 2 is 1.94 bits per heavy atom. The molecule has 0 bridgehead atoms. The van der Waals surface area contributed by atoms with Gasteiger partial charge < -0.3 is 9.47 Å². The van der Waals surface area contributed by atoms with Crippen LogP contribution in [0.15, 0.2) is 24.3 Å². The first kappa shape index (κ1) is 14.3. The summed E-state index contributed by atoms with van der Waals surface area (Å²) in [6.45, 7) is 4.35. The molecule has 5 nitrogen and oxygen atoms in total. The molecule has 0 aromatic heterocycles. The summed E-state index contributed by atoms with van der Waals surface area (Å²) in [5.41, 5.74) is 1.54. The summed E-state index contributed by atoms with van der Waals surface area (Å²) in [7, 11) is 0. The molecule has 18 heavy (non-hydrogen) atoms. The number of benzene rings is 1. The van der Waals surface area contributed by atoms with E-state index in [4.69, 9.17) is 14.7 Å². The number of carbonyl (C=O) groups excluding carboxylic acids is 1. The van der Waals surface area contributed by atoms with E-state index in [-0.39, 0.29) is 0 Å². The number of hydrogen-bond acceptors (Lipinski definition) is 4. The lowest BCUT2D eigenvalue weighted by Crippen LogP contribution is -2.34. The Hall–Kier alpha value is -1.75. The zero-order valence-corrected chi connectivity index (χ0v) is 10.7. The first-order valence-electron chi connectivity index (χ1n) is 6.00. The van der Waals surface area contributed by atoms with Crippen LogP contribution in [-0.4, -0.2) is 23.8 Å². The highest BCUT2D eigenvalue weighted by Gasteiger charge is 2.13. The molecule has 1 atom stereocenters. The van der Waals surface area contributed by atoms with Crippen LogP contribution in [0.2, 0.25) is 0 Å². The smallest absolute Gasteiger partial charge is 0.284 e. The van der Waals surface area contributed by atoms with E-state index < -0.39 is 12.0 Å². The van der Waals surface area contributed by atoms with Gasteiger partial charge in [0, 0.05) is 0 Å². The molecule has 1 aromatic carbocycles. The number of hydroxylamine groups is 1. The minimum Gasteiger partial charge on any atom is -0.494 e. The number of ether oxygens (including phenoxy) is 2. The summed E-state index contributed by atoms with van der Waals surface area (Å²) in [6.07, 6.45) is 1.36. The molecule has 0 saturated heterocycles. The van der Waals surface area contributed by atoms with Crippen molar-refractivity contribution in [3.63, 3.8) is 0 Å². The van der Waals surface area contributed by atoms with Gasteiger partial charge in [0.2, 0.25) is 0 Å². The predicted molar refractivity (Wildman–Crippen MR) is 66.9 cm³/mol. The molecule has 1 aromatic rings. The molecule has 0 spiro atoms. The third-order valence-electron chi connectivity index (χ3n) is 2.38. The summed E-state index contributed by atoms with van der Waals surface area (Å²) in [4.78, 5) is 11.0. The Labute approximate surface area is 107 Å². The molecule has 0 heterocycles. The van der Waals surface area contributed by atoms with Gasteiger partial charge in [0.05, 0.1) is 6.61 Å². The molecule has 0 aliphatic rings. The average molecular weight is 253 g/mol. The first-order chi connectivity index (χ1) is 8.67. The largest absolute Gasteiger partial charge is 0.494 e. The van der Waals surface area contributed by atoms with Gasteiger partial charge in [-0.05, 0) is 37.6 Å². The van der Waals surface area contributed by atoms with Gasteiger partial charge in [0.1, 0.15) is 11.5 Å². The van der Waals surface area contributed by atoms with Crippen molar-refractivity contribution in [3.05, 3.63) is 24.3 Å². The molecule has 0 unspecified atom stereocenters. The molecular weight excluding hydrogens is 234 g/mol. The highest BCUT2D eigenvalue weighted by atomic mass is 16.5. The number of rotatable bonds is 7. The van der Waals surface area contributed by atoms with Gasteiger partial charge in [-0.2, -0.15) is 0 Å². The lowest BCUT2D eigenvalue weighted by atomic mass is 10.3. The van der Waals surface area contributed by atoms with Crippen LogP contribution < -0.4 is 15.0 Å². The minimum atomic E-state index is -0.748. The summed E-state index contributed by atoms with van der Waals surface area (Å²) < 4.78 is 10.8. The van der Waals surface area contributed by atoms with Crippen molar-refractivity contribution in [2.45, 2.75) is 32.8 Å². The number of unbranched alkanes of at least 4 members (excludes halogenated alkanes) is 1. The molecular formula is C13H19NO4. The molecule has 5 heteroatoms. The lowest BCUT2D eigenvalue weighted by molar-refractivity contribution is -0.135. The van der Waals surface area contributed by atoms with Gasteiger partial charge >= 0.3 is 0 Å². The van der Waals surface area contributed by atoms with Crippen LogP contribution in [0.1, 0.15) is 26.7 Å². The van der Waals surface area contributed by atoms with Crippen molar-refractivity contribution in [1.29, 1.82) is 0 Å². The number of nitrogens with one attached hydrogen (secondary N) is 1. The molecule has 1 rings (SSSR count). The van der Waals surface area contributed by atoms with Crippen molar-refractivity contribution >= 4 is 5.91 Å². The molecule has 2 N–H and O–H groups in total. The second kappa shape index (κ2) is 7.55. The Balaban J connectivity index is 2.47. The van der Waals surface area contributed by atoms with E-state index in [1.165, 1.54) is 0 Å². The fourth-order valence-corrected chi connectivity index (χ4v) is 1.30. The summed E-state index contributed by atoms with van der Waals surface area (Å²) in [6, 6.07) is 7.02. The SMILES string of the molecule is CCCCOc1ccc(O[C@H](C)C(=O)NO)cc1. The topological polar surface area (TPSA) is 67.8 Å². The maximum atomic E-state index is 11.0. The van der Waals surface area contributed by atoms with Crippen molar-refractivity contribution in [1.82, 2.24) is 5.48 Å². The average Bonchev–Trinajstić information content (AvgIpc) is 2.40. The Morgan fingerprint density at radius 3 is 2.50 bits per heavy atom. The number of amides is 1. The number of hydrogen-bond donors (Lipinski definition) is 2. The van der Waals surface area contributed by atoms with E-state index >= 15 is 0 Å². The Bertz CT molecular complexity index is 364. The van der Waals surface area contributed by atoms with Gasteiger partial charge in [0.15, 0.2) is 6.10 Å². The Kier molecular flexibility index (Phi) is 6.00. The minimum absolute atomic E-state index is 0.550. The highest BCUT2D eigenvalue weighted by Crippen LogP contribution is 2.18. The maximum absolute atomic E-state index is 11.0. The van der Waals surface area contributed by atoms with Crippen LogP contribution in [0.3, 0.4) is 0 Å². The number of carbonyl (C=O) groups is 1. The van der Waals surface area contributed by atoms with Crippen molar-refractivity contribution in [2.24, 2.45) is 0 Å². The second-order valence-electron chi connectivity index (χ2n) is 3.91. The molecule has 1 amide bonds. The zero-order valence-electron chi connectivity index (χ0n) is 10.7.